The van der Waals surface area contributed by atoms with E-state index in [2.05, 4.69) is 75.3 Å². The standard InChI is InChI=1S/C31H39Cl2N5/c1-34-20-23-6-10-37(11-7-23)22-25-14-24(15-26(16-25)27-17-28(32)19-29(33)18-27)21-36-30-2-4-31(5-3-30)38-12-8-35-9-13-38/h2-5,14-19,23,34-36H,6-13,20-22H2,1H3. The number of halogens is 2. The molecule has 5 rings (SSSR count). The lowest BCUT2D eigenvalue weighted by atomic mass is 9.95. The number of benzene rings is 3. The van der Waals surface area contributed by atoms with Crippen LogP contribution in [-0.4, -0.2) is 57.8 Å². The van der Waals surface area contributed by atoms with Crippen molar-refractivity contribution in [3.63, 3.8) is 0 Å². The van der Waals surface area contributed by atoms with Crippen molar-refractivity contribution in [1.29, 1.82) is 0 Å². The Labute approximate surface area is 237 Å². The maximum absolute atomic E-state index is 6.37. The minimum atomic E-state index is 0.661. The van der Waals surface area contributed by atoms with Gasteiger partial charge in [0.05, 0.1) is 0 Å². The summed E-state index contributed by atoms with van der Waals surface area (Å²) in [6, 6.07) is 21.5. The first-order chi connectivity index (χ1) is 18.6. The van der Waals surface area contributed by atoms with Gasteiger partial charge in [-0.05, 0) is 122 Å². The monoisotopic (exact) mass is 551 g/mol. The van der Waals surface area contributed by atoms with Crippen LogP contribution in [-0.2, 0) is 13.1 Å². The fraction of sp³-hybridized carbons (Fsp3) is 0.419. The molecule has 5 nitrogen and oxygen atoms in total. The summed E-state index contributed by atoms with van der Waals surface area (Å²) in [6.45, 7) is 9.33. The Morgan fingerprint density at radius 3 is 2.16 bits per heavy atom. The quantitative estimate of drug-likeness (QED) is 0.299. The fourth-order valence-electron chi connectivity index (χ4n) is 5.66. The lowest BCUT2D eigenvalue weighted by molar-refractivity contribution is 0.177. The molecule has 2 aliphatic heterocycles. The summed E-state index contributed by atoms with van der Waals surface area (Å²) in [4.78, 5) is 5.02. The van der Waals surface area contributed by atoms with Crippen molar-refractivity contribution in [3.8, 4) is 11.1 Å². The number of rotatable bonds is 9. The van der Waals surface area contributed by atoms with E-state index in [9.17, 15) is 0 Å². The molecule has 2 aliphatic rings. The molecule has 2 heterocycles. The lowest BCUT2D eigenvalue weighted by Gasteiger charge is -2.32. The molecule has 0 aliphatic carbocycles. The molecule has 0 amide bonds. The molecule has 3 N–H and O–H groups in total. The predicted octanol–water partition coefficient (Wildman–Crippen LogP) is 6.11. The van der Waals surface area contributed by atoms with E-state index in [4.69, 9.17) is 23.2 Å². The first-order valence-corrected chi connectivity index (χ1v) is 14.6. The van der Waals surface area contributed by atoms with Crippen molar-refractivity contribution in [3.05, 3.63) is 81.8 Å². The molecule has 0 unspecified atom stereocenters. The van der Waals surface area contributed by atoms with E-state index in [1.807, 2.05) is 12.1 Å². The van der Waals surface area contributed by atoms with Crippen LogP contribution in [0.3, 0.4) is 0 Å². The van der Waals surface area contributed by atoms with Gasteiger partial charge in [-0.15, -0.1) is 0 Å². The molecule has 0 atom stereocenters. The van der Waals surface area contributed by atoms with Gasteiger partial charge in [0.15, 0.2) is 0 Å². The van der Waals surface area contributed by atoms with Gasteiger partial charge in [0.25, 0.3) is 0 Å². The second kappa shape index (κ2) is 13.2. The zero-order valence-corrected chi connectivity index (χ0v) is 23.8. The number of anilines is 2. The van der Waals surface area contributed by atoms with Crippen LogP contribution < -0.4 is 20.9 Å². The molecule has 0 aromatic heterocycles. The van der Waals surface area contributed by atoms with Crippen molar-refractivity contribution in [1.82, 2.24) is 15.5 Å². The van der Waals surface area contributed by atoms with Gasteiger partial charge in [-0.25, -0.2) is 0 Å². The van der Waals surface area contributed by atoms with Gasteiger partial charge in [0.1, 0.15) is 0 Å². The number of piperazine rings is 1. The molecule has 2 saturated heterocycles. The van der Waals surface area contributed by atoms with E-state index >= 15 is 0 Å². The molecule has 38 heavy (non-hydrogen) atoms. The number of nitrogens with zero attached hydrogens (tertiary/aromatic N) is 2. The molecular weight excluding hydrogens is 513 g/mol. The third-order valence-electron chi connectivity index (χ3n) is 7.70. The topological polar surface area (TPSA) is 42.6 Å². The van der Waals surface area contributed by atoms with Crippen LogP contribution in [0.25, 0.3) is 11.1 Å². The van der Waals surface area contributed by atoms with Gasteiger partial charge in [-0.1, -0.05) is 29.3 Å². The lowest BCUT2D eigenvalue weighted by Crippen LogP contribution is -2.43. The maximum Gasteiger partial charge on any atom is 0.0426 e. The minimum absolute atomic E-state index is 0.661. The second-order valence-electron chi connectivity index (χ2n) is 10.6. The Kier molecular flexibility index (Phi) is 9.47. The smallest absolute Gasteiger partial charge is 0.0426 e. The van der Waals surface area contributed by atoms with Gasteiger partial charge in [0.2, 0.25) is 0 Å². The number of likely N-dealkylation sites (tertiary alicyclic amines) is 1. The van der Waals surface area contributed by atoms with Crippen molar-refractivity contribution >= 4 is 34.6 Å². The Bertz CT molecular complexity index is 1170. The molecule has 0 radical (unpaired) electrons. The summed E-state index contributed by atoms with van der Waals surface area (Å²) >= 11 is 12.7. The molecule has 7 heteroatoms. The average Bonchev–Trinajstić information content (AvgIpc) is 2.93. The third-order valence-corrected chi connectivity index (χ3v) is 8.14. The highest BCUT2D eigenvalue weighted by Crippen LogP contribution is 2.30. The van der Waals surface area contributed by atoms with E-state index in [0.717, 1.165) is 81.6 Å². The van der Waals surface area contributed by atoms with Crippen LogP contribution in [0.5, 0.6) is 0 Å². The van der Waals surface area contributed by atoms with Gasteiger partial charge in [-0.2, -0.15) is 0 Å². The van der Waals surface area contributed by atoms with E-state index < -0.39 is 0 Å². The van der Waals surface area contributed by atoms with E-state index in [1.54, 1.807) is 6.07 Å². The Hall–Kier alpha value is -2.28. The van der Waals surface area contributed by atoms with Crippen molar-refractivity contribution in [2.75, 3.05) is 63.1 Å². The molecule has 0 bridgehead atoms. The molecule has 0 saturated carbocycles. The highest BCUT2D eigenvalue weighted by atomic mass is 35.5. The van der Waals surface area contributed by atoms with Crippen LogP contribution in [0, 0.1) is 5.92 Å². The Balaban J connectivity index is 1.31. The van der Waals surface area contributed by atoms with E-state index in [0.29, 0.717) is 10.0 Å². The summed E-state index contributed by atoms with van der Waals surface area (Å²) in [5.74, 6) is 0.786. The highest BCUT2D eigenvalue weighted by Gasteiger charge is 2.19. The Morgan fingerprint density at radius 2 is 1.47 bits per heavy atom. The van der Waals surface area contributed by atoms with Gasteiger partial charge in [-0.3, -0.25) is 4.90 Å². The normalized spacial score (nSPS) is 17.1. The molecular formula is C31H39Cl2N5. The van der Waals surface area contributed by atoms with Crippen LogP contribution in [0.1, 0.15) is 24.0 Å². The predicted molar refractivity (Wildman–Crippen MR) is 163 cm³/mol. The van der Waals surface area contributed by atoms with Gasteiger partial charge >= 0.3 is 0 Å². The highest BCUT2D eigenvalue weighted by molar-refractivity contribution is 6.35. The Morgan fingerprint density at radius 1 is 0.816 bits per heavy atom. The van der Waals surface area contributed by atoms with Crippen LogP contribution in [0.2, 0.25) is 10.0 Å². The van der Waals surface area contributed by atoms with Crippen LogP contribution in [0.4, 0.5) is 11.4 Å². The summed E-state index contributed by atoms with van der Waals surface area (Å²) in [7, 11) is 2.05. The SMILES string of the molecule is CNCC1CCN(Cc2cc(CNc3ccc(N4CCNCC4)cc3)cc(-c3cc(Cl)cc(Cl)c3)c2)CC1. The molecule has 202 valence electrons. The zero-order chi connectivity index (χ0) is 26.3. The summed E-state index contributed by atoms with van der Waals surface area (Å²) in [6.07, 6.45) is 2.51. The third kappa shape index (κ3) is 7.43. The minimum Gasteiger partial charge on any atom is -0.381 e. The first kappa shape index (κ1) is 27.3. The van der Waals surface area contributed by atoms with Gasteiger partial charge in [0, 0.05) is 60.7 Å². The largest absolute Gasteiger partial charge is 0.381 e. The van der Waals surface area contributed by atoms with Crippen molar-refractivity contribution in [2.45, 2.75) is 25.9 Å². The number of nitrogens with one attached hydrogen (secondary N) is 3. The number of hydrogen-bond donors (Lipinski definition) is 3. The fourth-order valence-corrected chi connectivity index (χ4v) is 6.18. The van der Waals surface area contributed by atoms with Crippen LogP contribution in [0.15, 0.2) is 60.7 Å². The molecule has 0 spiro atoms. The molecule has 3 aromatic carbocycles. The summed E-state index contributed by atoms with van der Waals surface area (Å²) in [5.41, 5.74) is 7.22. The van der Waals surface area contributed by atoms with Crippen LogP contribution >= 0.6 is 23.2 Å². The maximum atomic E-state index is 6.37. The zero-order valence-electron chi connectivity index (χ0n) is 22.3. The molecule has 3 aromatic rings. The second-order valence-corrected chi connectivity index (χ2v) is 11.5. The van der Waals surface area contributed by atoms with E-state index in [1.165, 1.54) is 29.7 Å². The number of hydrogen-bond acceptors (Lipinski definition) is 5. The van der Waals surface area contributed by atoms with Crippen molar-refractivity contribution < 1.29 is 0 Å². The van der Waals surface area contributed by atoms with Gasteiger partial charge < -0.3 is 20.9 Å². The summed E-state index contributed by atoms with van der Waals surface area (Å²) in [5, 5.41) is 11.7. The number of piperidine rings is 1. The van der Waals surface area contributed by atoms with Crippen molar-refractivity contribution in [2.24, 2.45) is 5.92 Å². The summed E-state index contributed by atoms with van der Waals surface area (Å²) < 4.78 is 0. The first-order valence-electron chi connectivity index (χ1n) is 13.8. The molecule has 2 fully saturated rings. The van der Waals surface area contributed by atoms with E-state index in [-0.39, 0.29) is 0 Å². The average molecular weight is 553 g/mol.